The first kappa shape index (κ1) is 24.9. The van der Waals surface area contributed by atoms with Gasteiger partial charge in [-0.25, -0.2) is 5.01 Å². The Labute approximate surface area is 194 Å². The van der Waals surface area contributed by atoms with Crippen molar-refractivity contribution >= 4 is 35.1 Å². The molecule has 172 valence electrons. The first-order chi connectivity index (χ1) is 15.5. The monoisotopic (exact) mass is 458 g/mol. The molecule has 0 unspecified atom stereocenters. The Morgan fingerprint density at radius 3 is 2.53 bits per heavy atom. The minimum atomic E-state index is -0.284. The molecule has 0 heterocycles. The van der Waals surface area contributed by atoms with Crippen LogP contribution in [0.5, 0.6) is 17.2 Å². The number of hydrazone groups is 1. The average molecular weight is 459 g/mol. The molecule has 0 atom stereocenters. The third-order valence-corrected chi connectivity index (χ3v) is 4.81. The fourth-order valence-corrected chi connectivity index (χ4v) is 2.74. The van der Waals surface area contributed by atoms with Crippen LogP contribution >= 0.6 is 12.2 Å². The molecule has 0 saturated heterocycles. The number of unbranched alkanes of at least 4 members (excludes halogenated alkanes) is 1. The molecule has 0 saturated carbocycles. The number of hydrogen-bond acceptors (Lipinski definition) is 6. The summed E-state index contributed by atoms with van der Waals surface area (Å²) in [5, 5.41) is 12.4. The van der Waals surface area contributed by atoms with Crippen molar-refractivity contribution in [2.24, 2.45) is 5.10 Å². The van der Waals surface area contributed by atoms with Crippen molar-refractivity contribution in [3.05, 3.63) is 48.0 Å². The molecule has 2 N–H and O–H groups in total. The number of ether oxygens (including phenoxy) is 3. The van der Waals surface area contributed by atoms with Crippen LogP contribution in [0.1, 0.15) is 25.3 Å². The van der Waals surface area contributed by atoms with Gasteiger partial charge in [-0.15, -0.1) is 0 Å². The molecular formula is C23H30N4O4S. The second-order valence-electron chi connectivity index (χ2n) is 6.83. The molecule has 0 spiro atoms. The first-order valence-electron chi connectivity index (χ1n) is 10.3. The third-order valence-electron chi connectivity index (χ3n) is 4.40. The van der Waals surface area contributed by atoms with Crippen LogP contribution in [0.2, 0.25) is 0 Å². The highest BCUT2D eigenvalue weighted by Gasteiger charge is 2.09. The highest BCUT2D eigenvalue weighted by atomic mass is 32.1. The molecular weight excluding hydrogens is 428 g/mol. The number of nitrogens with zero attached hydrogens (tertiary/aromatic N) is 2. The fraction of sp³-hybridized carbons (Fsp3) is 0.348. The highest BCUT2D eigenvalue weighted by molar-refractivity contribution is 7.80. The number of amides is 1. The van der Waals surface area contributed by atoms with E-state index < -0.39 is 0 Å². The largest absolute Gasteiger partial charge is 0.497 e. The topological polar surface area (TPSA) is 84.4 Å². The van der Waals surface area contributed by atoms with E-state index in [1.54, 1.807) is 68.9 Å². The summed E-state index contributed by atoms with van der Waals surface area (Å²) in [7, 11) is 4.91. The average Bonchev–Trinajstić information content (AvgIpc) is 2.81. The van der Waals surface area contributed by atoms with Crippen LogP contribution in [-0.2, 0) is 4.79 Å². The van der Waals surface area contributed by atoms with Crippen molar-refractivity contribution in [1.29, 1.82) is 0 Å². The first-order valence-corrected chi connectivity index (χ1v) is 10.7. The lowest BCUT2D eigenvalue weighted by molar-refractivity contribution is -0.118. The Hall–Kier alpha value is -3.33. The van der Waals surface area contributed by atoms with Gasteiger partial charge in [0.25, 0.3) is 5.91 Å². The van der Waals surface area contributed by atoms with E-state index in [0.717, 1.165) is 24.9 Å². The van der Waals surface area contributed by atoms with Gasteiger partial charge in [-0.1, -0.05) is 13.3 Å². The highest BCUT2D eigenvalue weighted by Crippen LogP contribution is 2.27. The van der Waals surface area contributed by atoms with Gasteiger partial charge >= 0.3 is 0 Å². The normalized spacial score (nSPS) is 10.5. The van der Waals surface area contributed by atoms with Gasteiger partial charge in [-0.05, 0) is 66.7 Å². The fourth-order valence-electron chi connectivity index (χ4n) is 2.59. The number of hydrogen-bond donors (Lipinski definition) is 2. The Balaban J connectivity index is 1.91. The van der Waals surface area contributed by atoms with Gasteiger partial charge in [0.2, 0.25) is 0 Å². The van der Waals surface area contributed by atoms with E-state index in [1.807, 2.05) is 6.07 Å². The summed E-state index contributed by atoms with van der Waals surface area (Å²) in [6.07, 6.45) is 3.82. The lowest BCUT2D eigenvalue weighted by atomic mass is 10.2. The van der Waals surface area contributed by atoms with E-state index in [4.69, 9.17) is 26.4 Å². The zero-order valence-corrected chi connectivity index (χ0v) is 19.7. The maximum absolute atomic E-state index is 12.2. The van der Waals surface area contributed by atoms with Crippen LogP contribution in [0.15, 0.2) is 47.6 Å². The third kappa shape index (κ3) is 8.07. The lowest BCUT2D eigenvalue weighted by Crippen LogP contribution is -2.34. The molecule has 0 aromatic heterocycles. The van der Waals surface area contributed by atoms with E-state index >= 15 is 0 Å². The molecule has 8 nitrogen and oxygen atoms in total. The summed E-state index contributed by atoms with van der Waals surface area (Å²) in [4.78, 5) is 12.2. The molecule has 0 fully saturated rings. The van der Waals surface area contributed by atoms with Crippen LogP contribution in [0.25, 0.3) is 0 Å². The van der Waals surface area contributed by atoms with Crippen LogP contribution in [0.3, 0.4) is 0 Å². The number of benzene rings is 2. The molecule has 2 rings (SSSR count). The Bertz CT molecular complexity index is 919. The molecule has 32 heavy (non-hydrogen) atoms. The van der Waals surface area contributed by atoms with Gasteiger partial charge in [0.1, 0.15) is 5.75 Å². The van der Waals surface area contributed by atoms with E-state index in [0.29, 0.717) is 28.0 Å². The molecule has 2 aromatic rings. The predicted molar refractivity (Wildman–Crippen MR) is 131 cm³/mol. The summed E-state index contributed by atoms with van der Waals surface area (Å²) < 4.78 is 16.1. The van der Waals surface area contributed by atoms with Gasteiger partial charge in [0, 0.05) is 19.3 Å². The van der Waals surface area contributed by atoms with Crippen molar-refractivity contribution in [1.82, 2.24) is 10.3 Å². The Morgan fingerprint density at radius 1 is 1.12 bits per heavy atom. The minimum Gasteiger partial charge on any atom is -0.497 e. The molecule has 0 aliphatic rings. The number of nitrogens with one attached hydrogen (secondary N) is 2. The number of methoxy groups -OCH3 is 2. The van der Waals surface area contributed by atoms with Crippen molar-refractivity contribution in [2.75, 3.05) is 39.7 Å². The number of rotatable bonds is 11. The van der Waals surface area contributed by atoms with E-state index in [9.17, 15) is 4.79 Å². The maximum Gasteiger partial charge on any atom is 0.262 e. The lowest BCUT2D eigenvalue weighted by Gasteiger charge is -2.15. The van der Waals surface area contributed by atoms with Crippen LogP contribution in [0.4, 0.5) is 5.69 Å². The molecule has 9 heteroatoms. The number of carbonyl (C=O) groups is 1. The zero-order chi connectivity index (χ0) is 23.3. The van der Waals surface area contributed by atoms with Gasteiger partial charge in [0.05, 0.1) is 20.4 Å². The molecule has 0 radical (unpaired) electrons. The standard InChI is InChI=1S/C23H30N4O4S/c1-5-6-13-24-23(32)27(2)25-15-17-7-12-20(21(14-17)30-4)31-16-22(28)26-18-8-10-19(29-3)11-9-18/h7-12,14-15H,5-6,13,16H2,1-4H3,(H,24,32)(H,26,28)/b25-15-. The van der Waals surface area contributed by atoms with E-state index in [1.165, 1.54) is 0 Å². The summed E-state index contributed by atoms with van der Waals surface area (Å²) in [5.41, 5.74) is 1.46. The summed E-state index contributed by atoms with van der Waals surface area (Å²) >= 11 is 5.31. The van der Waals surface area contributed by atoms with Crippen molar-refractivity contribution in [3.63, 3.8) is 0 Å². The Morgan fingerprint density at radius 2 is 1.88 bits per heavy atom. The summed E-state index contributed by atoms with van der Waals surface area (Å²) in [6, 6.07) is 12.4. The molecule has 0 aliphatic heterocycles. The van der Waals surface area contributed by atoms with Gasteiger partial charge in [-0.3, -0.25) is 4.79 Å². The van der Waals surface area contributed by atoms with E-state index in [-0.39, 0.29) is 12.5 Å². The maximum atomic E-state index is 12.2. The number of carbonyl (C=O) groups excluding carboxylic acids is 1. The van der Waals surface area contributed by atoms with Crippen molar-refractivity contribution in [3.8, 4) is 17.2 Å². The van der Waals surface area contributed by atoms with Crippen molar-refractivity contribution < 1.29 is 19.0 Å². The zero-order valence-electron chi connectivity index (χ0n) is 18.9. The van der Waals surface area contributed by atoms with Crippen molar-refractivity contribution in [2.45, 2.75) is 19.8 Å². The van der Waals surface area contributed by atoms with Gasteiger partial charge in [0.15, 0.2) is 23.2 Å². The quantitative estimate of drug-likeness (QED) is 0.230. The summed E-state index contributed by atoms with van der Waals surface area (Å²) in [5.74, 6) is 1.39. The van der Waals surface area contributed by atoms with E-state index in [2.05, 4.69) is 22.7 Å². The number of thiocarbonyl (C=S) groups is 1. The van der Waals surface area contributed by atoms with Crippen LogP contribution < -0.4 is 24.8 Å². The van der Waals surface area contributed by atoms with Crippen LogP contribution in [-0.4, -0.2) is 56.7 Å². The van der Waals surface area contributed by atoms with Gasteiger partial charge in [-0.2, -0.15) is 5.10 Å². The smallest absolute Gasteiger partial charge is 0.262 e. The Kier molecular flexibility index (Phi) is 10.3. The van der Waals surface area contributed by atoms with Crippen LogP contribution in [0, 0.1) is 0 Å². The minimum absolute atomic E-state index is 0.156. The van der Waals surface area contributed by atoms with Gasteiger partial charge < -0.3 is 24.8 Å². The second kappa shape index (κ2) is 13.2. The summed E-state index contributed by atoms with van der Waals surface area (Å²) in [6.45, 7) is 2.79. The molecule has 2 aromatic carbocycles. The molecule has 0 aliphatic carbocycles. The predicted octanol–water partition coefficient (Wildman–Crippen LogP) is 3.66. The SMILES string of the molecule is CCCCNC(=S)N(C)/N=C\c1ccc(OCC(=O)Nc2ccc(OC)cc2)c(OC)c1. The molecule has 1 amide bonds. The second-order valence-corrected chi connectivity index (χ2v) is 7.22. The molecule has 0 bridgehead atoms. The number of anilines is 1.